The van der Waals surface area contributed by atoms with Crippen LogP contribution in [0.2, 0.25) is 0 Å². The highest BCUT2D eigenvalue weighted by Crippen LogP contribution is 2.44. The summed E-state index contributed by atoms with van der Waals surface area (Å²) in [6.07, 6.45) is 0.776. The molecule has 0 spiro atoms. The predicted octanol–water partition coefficient (Wildman–Crippen LogP) is 3.96. The first kappa shape index (κ1) is 20.6. The molecule has 0 heterocycles. The molecule has 0 bridgehead atoms. The van der Waals surface area contributed by atoms with Gasteiger partial charge in [-0.1, -0.05) is 54.6 Å². The minimum atomic E-state index is -1.22. The van der Waals surface area contributed by atoms with Gasteiger partial charge >= 0.3 is 12.1 Å². The van der Waals surface area contributed by atoms with E-state index in [-0.39, 0.29) is 19.1 Å². The third-order valence-electron chi connectivity index (χ3n) is 5.05. The number of amides is 1. The maximum Gasteiger partial charge on any atom is 0.407 e. The molecule has 0 saturated heterocycles. The normalized spacial score (nSPS) is 13.9. The molecule has 0 radical (unpaired) electrons. The van der Waals surface area contributed by atoms with E-state index in [0.717, 1.165) is 22.3 Å². The molecule has 1 amide bonds. The van der Waals surface area contributed by atoms with Crippen molar-refractivity contribution in [3.63, 3.8) is 0 Å². The lowest BCUT2D eigenvalue weighted by atomic mass is 9.98. The molecule has 2 aromatic carbocycles. The van der Waals surface area contributed by atoms with E-state index in [2.05, 4.69) is 11.9 Å². The van der Waals surface area contributed by atoms with Crippen LogP contribution < -0.4 is 5.32 Å². The summed E-state index contributed by atoms with van der Waals surface area (Å²) in [4.78, 5) is 23.7. The standard InChI is InChI=1S/C23H25NO5/c1-4-23(2,3)29-14-20(21(25)26)24-22(27)28-13-19-17-11-7-5-9-15(17)16-10-6-8-12-18(16)19/h4-12,19-20H,1,13-14H2,2-3H3,(H,24,27)(H,25,26)/t20-/m0/s1. The second-order valence-electron chi connectivity index (χ2n) is 7.48. The lowest BCUT2D eigenvalue weighted by Gasteiger charge is -2.24. The Morgan fingerprint density at radius 2 is 1.69 bits per heavy atom. The molecule has 0 aromatic heterocycles. The zero-order valence-corrected chi connectivity index (χ0v) is 16.6. The van der Waals surface area contributed by atoms with Crippen LogP contribution >= 0.6 is 0 Å². The van der Waals surface area contributed by atoms with Gasteiger partial charge < -0.3 is 19.9 Å². The van der Waals surface area contributed by atoms with Crippen LogP contribution in [0.3, 0.4) is 0 Å². The Balaban J connectivity index is 1.64. The highest BCUT2D eigenvalue weighted by Gasteiger charge is 2.30. The zero-order chi connectivity index (χ0) is 21.0. The summed E-state index contributed by atoms with van der Waals surface area (Å²) >= 11 is 0. The average molecular weight is 395 g/mol. The van der Waals surface area contributed by atoms with E-state index in [9.17, 15) is 14.7 Å². The molecule has 0 saturated carbocycles. The number of hydrogen-bond acceptors (Lipinski definition) is 4. The largest absolute Gasteiger partial charge is 0.480 e. The number of nitrogens with one attached hydrogen (secondary N) is 1. The van der Waals surface area contributed by atoms with Crippen LogP contribution in [-0.4, -0.2) is 42.0 Å². The first-order chi connectivity index (χ1) is 13.8. The number of carbonyl (C=O) groups excluding carboxylic acids is 1. The molecule has 1 atom stereocenters. The van der Waals surface area contributed by atoms with Gasteiger partial charge in [-0.2, -0.15) is 0 Å². The van der Waals surface area contributed by atoms with Gasteiger partial charge in [0, 0.05) is 5.92 Å². The summed E-state index contributed by atoms with van der Waals surface area (Å²) in [7, 11) is 0. The van der Waals surface area contributed by atoms with E-state index in [0.29, 0.717) is 0 Å². The molecule has 0 fully saturated rings. The van der Waals surface area contributed by atoms with Crippen LogP contribution in [0.4, 0.5) is 4.79 Å². The number of hydrogen-bond donors (Lipinski definition) is 2. The smallest absolute Gasteiger partial charge is 0.407 e. The Hall–Kier alpha value is -3.12. The molecule has 1 aliphatic rings. The highest BCUT2D eigenvalue weighted by atomic mass is 16.6. The minimum Gasteiger partial charge on any atom is -0.480 e. The second kappa shape index (κ2) is 8.49. The lowest BCUT2D eigenvalue weighted by Crippen LogP contribution is -2.46. The first-order valence-corrected chi connectivity index (χ1v) is 9.44. The molecule has 1 aliphatic carbocycles. The van der Waals surface area contributed by atoms with Crippen molar-refractivity contribution in [3.8, 4) is 11.1 Å². The molecule has 3 rings (SSSR count). The van der Waals surface area contributed by atoms with Gasteiger partial charge in [0.2, 0.25) is 0 Å². The van der Waals surface area contributed by atoms with Gasteiger partial charge in [0.1, 0.15) is 6.61 Å². The fourth-order valence-electron chi connectivity index (χ4n) is 3.31. The fourth-order valence-corrected chi connectivity index (χ4v) is 3.31. The van der Waals surface area contributed by atoms with Crippen molar-refractivity contribution in [1.29, 1.82) is 0 Å². The van der Waals surface area contributed by atoms with Crippen molar-refractivity contribution in [2.75, 3.05) is 13.2 Å². The molecule has 6 nitrogen and oxygen atoms in total. The Labute approximate surface area is 170 Å². The van der Waals surface area contributed by atoms with Gasteiger partial charge in [-0.25, -0.2) is 9.59 Å². The van der Waals surface area contributed by atoms with E-state index in [1.165, 1.54) is 0 Å². The molecule has 152 valence electrons. The van der Waals surface area contributed by atoms with Gasteiger partial charge in [0.05, 0.1) is 12.2 Å². The third kappa shape index (κ3) is 4.66. The Bertz CT molecular complexity index is 875. The quantitative estimate of drug-likeness (QED) is 0.661. The van der Waals surface area contributed by atoms with Gasteiger partial charge in [-0.15, -0.1) is 6.58 Å². The molecule has 0 unspecified atom stereocenters. The minimum absolute atomic E-state index is 0.0904. The summed E-state index contributed by atoms with van der Waals surface area (Å²) in [5.74, 6) is -1.29. The van der Waals surface area contributed by atoms with Gasteiger partial charge in [0.15, 0.2) is 6.04 Å². The van der Waals surface area contributed by atoms with E-state index in [4.69, 9.17) is 9.47 Å². The number of ether oxygens (including phenoxy) is 2. The Morgan fingerprint density at radius 1 is 1.14 bits per heavy atom. The van der Waals surface area contributed by atoms with Crippen LogP contribution in [0.15, 0.2) is 61.2 Å². The summed E-state index contributed by atoms with van der Waals surface area (Å²) in [5.41, 5.74) is 3.73. The number of carbonyl (C=O) groups is 2. The number of benzene rings is 2. The topological polar surface area (TPSA) is 84.9 Å². The van der Waals surface area contributed by atoms with Crippen molar-refractivity contribution in [2.45, 2.75) is 31.4 Å². The molecule has 2 N–H and O–H groups in total. The Morgan fingerprint density at radius 3 is 2.21 bits per heavy atom. The van der Waals surface area contributed by atoms with Crippen LogP contribution in [0.1, 0.15) is 30.9 Å². The average Bonchev–Trinajstić information content (AvgIpc) is 3.03. The molecule has 6 heteroatoms. The van der Waals surface area contributed by atoms with Crippen molar-refractivity contribution in [2.24, 2.45) is 0 Å². The van der Waals surface area contributed by atoms with E-state index in [1.807, 2.05) is 48.5 Å². The maximum absolute atomic E-state index is 12.3. The molecule has 0 aliphatic heterocycles. The number of carboxylic acids is 1. The van der Waals surface area contributed by atoms with Gasteiger partial charge in [0.25, 0.3) is 0 Å². The first-order valence-electron chi connectivity index (χ1n) is 9.44. The molecule has 2 aromatic rings. The SMILES string of the molecule is C=CC(C)(C)OC[C@H](NC(=O)OCC1c2ccccc2-c2ccccc21)C(=O)O. The van der Waals surface area contributed by atoms with Crippen LogP contribution in [0.5, 0.6) is 0 Å². The van der Waals surface area contributed by atoms with Crippen LogP contribution in [0.25, 0.3) is 11.1 Å². The van der Waals surface area contributed by atoms with E-state index < -0.39 is 23.7 Å². The predicted molar refractivity (Wildman–Crippen MR) is 110 cm³/mol. The monoisotopic (exact) mass is 395 g/mol. The number of fused-ring (bicyclic) bond motifs is 3. The fraction of sp³-hybridized carbons (Fsp3) is 0.304. The maximum atomic E-state index is 12.3. The van der Waals surface area contributed by atoms with Crippen molar-refractivity contribution in [1.82, 2.24) is 5.32 Å². The van der Waals surface area contributed by atoms with Crippen LogP contribution in [0, 0.1) is 0 Å². The van der Waals surface area contributed by atoms with E-state index in [1.54, 1.807) is 19.9 Å². The van der Waals surface area contributed by atoms with E-state index >= 15 is 0 Å². The second-order valence-corrected chi connectivity index (χ2v) is 7.48. The van der Waals surface area contributed by atoms with Crippen LogP contribution in [-0.2, 0) is 14.3 Å². The number of alkyl carbamates (subject to hydrolysis) is 1. The zero-order valence-electron chi connectivity index (χ0n) is 16.6. The molecule has 29 heavy (non-hydrogen) atoms. The van der Waals surface area contributed by atoms with Gasteiger partial charge in [-0.3, -0.25) is 0 Å². The molecular weight excluding hydrogens is 370 g/mol. The number of carboxylic acid groups (broad SMARTS) is 1. The highest BCUT2D eigenvalue weighted by molar-refractivity contribution is 5.81. The summed E-state index contributed by atoms with van der Waals surface area (Å²) in [6, 6.07) is 14.8. The van der Waals surface area contributed by atoms with Gasteiger partial charge in [-0.05, 0) is 36.1 Å². The summed E-state index contributed by atoms with van der Waals surface area (Å²) in [5, 5.41) is 11.7. The van der Waals surface area contributed by atoms with Crippen molar-refractivity contribution in [3.05, 3.63) is 72.3 Å². The number of rotatable bonds is 8. The summed E-state index contributed by atoms with van der Waals surface area (Å²) in [6.45, 7) is 7.07. The van der Waals surface area contributed by atoms with Crippen molar-refractivity contribution >= 4 is 12.1 Å². The third-order valence-corrected chi connectivity index (χ3v) is 5.05. The van der Waals surface area contributed by atoms with Crippen molar-refractivity contribution < 1.29 is 24.2 Å². The lowest BCUT2D eigenvalue weighted by molar-refractivity contribution is -0.142. The Kier molecular flexibility index (Phi) is 6.03. The summed E-state index contributed by atoms with van der Waals surface area (Å²) < 4.78 is 10.9. The number of aliphatic carboxylic acids is 1. The molecular formula is C23H25NO5.